The lowest BCUT2D eigenvalue weighted by Crippen LogP contribution is -2.33. The fourth-order valence-corrected chi connectivity index (χ4v) is 2.41. The Morgan fingerprint density at radius 1 is 0.955 bits per heavy atom. The zero-order valence-corrected chi connectivity index (χ0v) is 12.9. The van der Waals surface area contributed by atoms with Gasteiger partial charge < -0.3 is 4.74 Å². The van der Waals surface area contributed by atoms with Crippen molar-refractivity contribution in [2.75, 3.05) is 6.73 Å². The number of hydrogen-bond donors (Lipinski definition) is 0. The molecule has 0 spiro atoms. The summed E-state index contributed by atoms with van der Waals surface area (Å²) in [6, 6.07) is 13.1. The summed E-state index contributed by atoms with van der Waals surface area (Å²) in [5.74, 6) is -1.50. The van der Waals surface area contributed by atoms with Crippen LogP contribution in [0.5, 0.6) is 0 Å². The van der Waals surface area contributed by atoms with Gasteiger partial charge in [-0.3, -0.25) is 9.59 Å². The number of rotatable bonds is 3. The Labute approximate surface area is 134 Å². The highest BCUT2D eigenvalue weighted by Crippen LogP contribution is 2.22. The van der Waals surface area contributed by atoms with Crippen LogP contribution in [0.2, 0.25) is 0 Å². The first kappa shape index (κ1) is 14.5. The van der Waals surface area contributed by atoms with Gasteiger partial charge in [-0.2, -0.15) is 0 Å². The number of ether oxygens (including phenoxy) is 1. The third-order valence-corrected chi connectivity index (χ3v) is 3.81. The molecule has 3 rings (SSSR count). The third kappa shape index (κ3) is 2.53. The van der Waals surface area contributed by atoms with Gasteiger partial charge in [0, 0.05) is 4.47 Å². The quantitative estimate of drug-likeness (QED) is 0.624. The van der Waals surface area contributed by atoms with Crippen LogP contribution in [0.3, 0.4) is 0 Å². The Morgan fingerprint density at radius 2 is 1.50 bits per heavy atom. The molecule has 0 saturated heterocycles. The fraction of sp³-hybridized carbons (Fsp3) is 0.0625. The Morgan fingerprint density at radius 3 is 2.05 bits per heavy atom. The molecule has 0 bridgehead atoms. The second-order valence-corrected chi connectivity index (χ2v) is 5.57. The van der Waals surface area contributed by atoms with E-state index in [1.54, 1.807) is 48.5 Å². The highest BCUT2D eigenvalue weighted by Gasteiger charge is 2.35. The SMILES string of the molecule is O=C(OCN1C(=O)c2ccccc2C1=O)c1ccc(Br)cc1. The lowest BCUT2D eigenvalue weighted by molar-refractivity contribution is 0.0228. The van der Waals surface area contributed by atoms with Gasteiger partial charge in [-0.05, 0) is 36.4 Å². The third-order valence-electron chi connectivity index (χ3n) is 3.28. The van der Waals surface area contributed by atoms with E-state index in [1.807, 2.05) is 0 Å². The lowest BCUT2D eigenvalue weighted by Gasteiger charge is -2.13. The number of amides is 2. The van der Waals surface area contributed by atoms with Crippen molar-refractivity contribution in [1.82, 2.24) is 4.90 Å². The Kier molecular flexibility index (Phi) is 3.77. The van der Waals surface area contributed by atoms with E-state index in [9.17, 15) is 14.4 Å². The molecule has 2 amide bonds. The summed E-state index contributed by atoms with van der Waals surface area (Å²) in [5, 5.41) is 0. The average molecular weight is 360 g/mol. The molecule has 0 unspecified atom stereocenters. The van der Waals surface area contributed by atoms with E-state index in [4.69, 9.17) is 4.74 Å². The van der Waals surface area contributed by atoms with Crippen molar-refractivity contribution in [2.45, 2.75) is 0 Å². The van der Waals surface area contributed by atoms with Crippen LogP contribution in [0.15, 0.2) is 53.0 Å². The molecule has 0 aliphatic carbocycles. The summed E-state index contributed by atoms with van der Waals surface area (Å²) < 4.78 is 5.89. The second kappa shape index (κ2) is 5.73. The standard InChI is InChI=1S/C16H10BrNO4/c17-11-7-5-10(6-8-11)16(21)22-9-18-14(19)12-3-1-2-4-13(12)15(18)20/h1-8H,9H2. The molecular weight excluding hydrogens is 350 g/mol. The van der Waals surface area contributed by atoms with Gasteiger partial charge in [-0.15, -0.1) is 0 Å². The number of carbonyl (C=O) groups excluding carboxylic acids is 3. The van der Waals surface area contributed by atoms with Gasteiger partial charge in [0.15, 0.2) is 6.73 Å². The molecular formula is C16H10BrNO4. The number of benzene rings is 2. The van der Waals surface area contributed by atoms with Gasteiger partial charge in [0.05, 0.1) is 16.7 Å². The first-order valence-corrected chi connectivity index (χ1v) is 7.25. The topological polar surface area (TPSA) is 63.7 Å². The molecule has 2 aromatic carbocycles. The predicted octanol–water partition coefficient (Wildman–Crippen LogP) is 2.86. The molecule has 2 aromatic rings. The monoisotopic (exact) mass is 359 g/mol. The largest absolute Gasteiger partial charge is 0.440 e. The number of esters is 1. The second-order valence-electron chi connectivity index (χ2n) is 4.65. The van der Waals surface area contributed by atoms with Gasteiger partial charge in [-0.1, -0.05) is 28.1 Å². The number of imide groups is 1. The van der Waals surface area contributed by atoms with Gasteiger partial charge >= 0.3 is 5.97 Å². The Balaban J connectivity index is 1.70. The summed E-state index contributed by atoms with van der Waals surface area (Å²) in [6.45, 7) is -0.402. The fourth-order valence-electron chi connectivity index (χ4n) is 2.15. The summed E-state index contributed by atoms with van der Waals surface area (Å²) in [6.07, 6.45) is 0. The maximum atomic E-state index is 12.1. The van der Waals surface area contributed by atoms with Crippen molar-refractivity contribution in [3.8, 4) is 0 Å². The van der Waals surface area contributed by atoms with Crippen molar-refractivity contribution in [3.05, 3.63) is 69.7 Å². The predicted molar refractivity (Wildman–Crippen MR) is 81.4 cm³/mol. The first-order valence-electron chi connectivity index (χ1n) is 6.46. The number of hydrogen-bond acceptors (Lipinski definition) is 4. The van der Waals surface area contributed by atoms with Crippen molar-refractivity contribution < 1.29 is 19.1 Å². The van der Waals surface area contributed by atoms with Gasteiger partial charge in [-0.25, -0.2) is 9.69 Å². The van der Waals surface area contributed by atoms with E-state index >= 15 is 0 Å². The molecule has 0 saturated carbocycles. The van der Waals surface area contributed by atoms with Crippen LogP contribution in [0.1, 0.15) is 31.1 Å². The van der Waals surface area contributed by atoms with Crippen molar-refractivity contribution in [3.63, 3.8) is 0 Å². The smallest absolute Gasteiger partial charge is 0.339 e. The molecule has 0 fully saturated rings. The van der Waals surface area contributed by atoms with Crippen LogP contribution in [-0.4, -0.2) is 29.4 Å². The molecule has 6 heteroatoms. The number of halogens is 1. The summed E-state index contributed by atoms with van der Waals surface area (Å²) in [4.78, 5) is 37.0. The van der Waals surface area contributed by atoms with Crippen molar-refractivity contribution in [2.24, 2.45) is 0 Å². The zero-order chi connectivity index (χ0) is 15.7. The molecule has 0 aromatic heterocycles. The number of nitrogens with zero attached hydrogens (tertiary/aromatic N) is 1. The molecule has 1 aliphatic rings. The minimum atomic E-state index is -0.593. The van der Waals surface area contributed by atoms with Crippen LogP contribution in [0.25, 0.3) is 0 Å². The minimum absolute atomic E-state index is 0.326. The maximum absolute atomic E-state index is 12.1. The molecule has 110 valence electrons. The average Bonchev–Trinajstić information content (AvgIpc) is 2.78. The highest BCUT2D eigenvalue weighted by atomic mass is 79.9. The molecule has 0 radical (unpaired) electrons. The molecule has 5 nitrogen and oxygen atoms in total. The van der Waals surface area contributed by atoms with E-state index in [1.165, 1.54) is 0 Å². The first-order chi connectivity index (χ1) is 10.6. The van der Waals surface area contributed by atoms with Crippen LogP contribution in [0.4, 0.5) is 0 Å². The minimum Gasteiger partial charge on any atom is -0.440 e. The maximum Gasteiger partial charge on any atom is 0.339 e. The van der Waals surface area contributed by atoms with Gasteiger partial charge in [0.25, 0.3) is 11.8 Å². The van der Waals surface area contributed by atoms with Crippen molar-refractivity contribution >= 4 is 33.7 Å². The summed E-state index contributed by atoms with van der Waals surface area (Å²) >= 11 is 3.27. The normalized spacial score (nSPS) is 13.2. The number of fused-ring (bicyclic) bond motifs is 1. The summed E-state index contributed by atoms with van der Waals surface area (Å²) in [5.41, 5.74) is 0.999. The molecule has 22 heavy (non-hydrogen) atoms. The van der Waals surface area contributed by atoms with Crippen LogP contribution in [-0.2, 0) is 4.74 Å². The van der Waals surface area contributed by atoms with Crippen LogP contribution >= 0.6 is 15.9 Å². The molecule has 1 heterocycles. The lowest BCUT2D eigenvalue weighted by atomic mass is 10.1. The highest BCUT2D eigenvalue weighted by molar-refractivity contribution is 9.10. The van der Waals surface area contributed by atoms with Crippen LogP contribution < -0.4 is 0 Å². The molecule has 1 aliphatic heterocycles. The molecule has 0 N–H and O–H groups in total. The van der Waals surface area contributed by atoms with E-state index in [2.05, 4.69) is 15.9 Å². The van der Waals surface area contributed by atoms with E-state index in [0.717, 1.165) is 9.37 Å². The Bertz CT molecular complexity index is 735. The van der Waals surface area contributed by atoms with Gasteiger partial charge in [0.2, 0.25) is 0 Å². The Hall–Kier alpha value is -2.47. The van der Waals surface area contributed by atoms with Crippen molar-refractivity contribution in [1.29, 1.82) is 0 Å². The summed E-state index contributed by atoms with van der Waals surface area (Å²) in [7, 11) is 0. The zero-order valence-electron chi connectivity index (χ0n) is 11.3. The van der Waals surface area contributed by atoms with E-state index in [-0.39, 0.29) is 0 Å². The number of carbonyl (C=O) groups is 3. The van der Waals surface area contributed by atoms with Crippen LogP contribution in [0, 0.1) is 0 Å². The van der Waals surface area contributed by atoms with Gasteiger partial charge in [0.1, 0.15) is 0 Å². The van der Waals surface area contributed by atoms with E-state index in [0.29, 0.717) is 16.7 Å². The molecule has 0 atom stereocenters. The van der Waals surface area contributed by atoms with E-state index < -0.39 is 24.5 Å².